The SMILES string of the molecule is CC(=O)N[C@H](CC(=O)Nc1ccc2nc(N3CCOCC3)sc2c1)c1ccccc1. The molecule has 2 aromatic carbocycles. The van der Waals surface area contributed by atoms with Gasteiger partial charge in [0.15, 0.2) is 5.13 Å². The second-order valence-electron chi connectivity index (χ2n) is 7.19. The maximum atomic E-state index is 12.7. The van der Waals surface area contributed by atoms with Crippen molar-refractivity contribution in [1.29, 1.82) is 0 Å². The summed E-state index contributed by atoms with van der Waals surface area (Å²) in [6.07, 6.45) is 0.156. The number of thiazole rings is 1. The van der Waals surface area contributed by atoms with Crippen LogP contribution >= 0.6 is 11.3 Å². The minimum Gasteiger partial charge on any atom is -0.378 e. The standard InChI is InChI=1S/C22H24N4O3S/c1-15(27)23-19(16-5-3-2-4-6-16)14-21(28)24-17-7-8-18-20(13-17)30-22(25-18)26-9-11-29-12-10-26/h2-8,13,19H,9-12,14H2,1H3,(H,23,27)(H,24,28)/t19-/m1/s1. The van der Waals surface area contributed by atoms with E-state index >= 15 is 0 Å². The van der Waals surface area contributed by atoms with Crippen LogP contribution in [0, 0.1) is 0 Å². The van der Waals surface area contributed by atoms with Gasteiger partial charge in [0.25, 0.3) is 0 Å². The Bertz CT molecular complexity index is 1030. The van der Waals surface area contributed by atoms with Gasteiger partial charge in [0.05, 0.1) is 35.9 Å². The summed E-state index contributed by atoms with van der Waals surface area (Å²) in [5.74, 6) is -0.326. The number of morpholine rings is 1. The number of ether oxygens (including phenoxy) is 1. The Kier molecular flexibility index (Phi) is 6.25. The molecule has 0 bridgehead atoms. The van der Waals surface area contributed by atoms with Crippen LogP contribution in [0.1, 0.15) is 24.9 Å². The van der Waals surface area contributed by atoms with Crippen molar-refractivity contribution in [3.8, 4) is 0 Å². The second kappa shape index (κ2) is 9.23. The summed E-state index contributed by atoms with van der Waals surface area (Å²) in [7, 11) is 0. The van der Waals surface area contributed by atoms with Gasteiger partial charge < -0.3 is 20.3 Å². The van der Waals surface area contributed by atoms with Crippen molar-refractivity contribution in [2.45, 2.75) is 19.4 Å². The first-order valence-electron chi connectivity index (χ1n) is 9.93. The summed E-state index contributed by atoms with van der Waals surface area (Å²) in [6, 6.07) is 14.9. The summed E-state index contributed by atoms with van der Waals surface area (Å²) < 4.78 is 6.43. The first-order chi connectivity index (χ1) is 14.6. The number of nitrogens with zero attached hydrogens (tertiary/aromatic N) is 2. The number of hydrogen-bond acceptors (Lipinski definition) is 6. The Morgan fingerprint density at radius 1 is 1.17 bits per heavy atom. The molecule has 30 heavy (non-hydrogen) atoms. The van der Waals surface area contributed by atoms with Gasteiger partial charge in [0.2, 0.25) is 11.8 Å². The molecule has 0 spiro atoms. The van der Waals surface area contributed by atoms with Gasteiger partial charge in [0, 0.05) is 25.7 Å². The van der Waals surface area contributed by atoms with Gasteiger partial charge in [-0.05, 0) is 23.8 Å². The highest BCUT2D eigenvalue weighted by atomic mass is 32.1. The fourth-order valence-electron chi connectivity index (χ4n) is 3.46. The molecule has 1 aromatic heterocycles. The van der Waals surface area contributed by atoms with E-state index in [-0.39, 0.29) is 24.3 Å². The summed E-state index contributed by atoms with van der Waals surface area (Å²) in [6.45, 7) is 4.57. The number of nitrogens with one attached hydrogen (secondary N) is 2. The zero-order chi connectivity index (χ0) is 20.9. The number of carbonyl (C=O) groups is 2. The Hall–Kier alpha value is -2.97. The van der Waals surface area contributed by atoms with E-state index in [0.29, 0.717) is 13.2 Å². The van der Waals surface area contributed by atoms with E-state index in [9.17, 15) is 9.59 Å². The topological polar surface area (TPSA) is 83.6 Å². The number of anilines is 2. The van der Waals surface area contributed by atoms with Crippen LogP contribution in [-0.4, -0.2) is 43.1 Å². The van der Waals surface area contributed by atoms with Crippen molar-refractivity contribution >= 4 is 44.2 Å². The molecule has 7 nitrogen and oxygen atoms in total. The van der Waals surface area contributed by atoms with Crippen molar-refractivity contribution in [2.24, 2.45) is 0 Å². The Morgan fingerprint density at radius 3 is 2.67 bits per heavy atom. The predicted molar refractivity (Wildman–Crippen MR) is 119 cm³/mol. The fraction of sp³-hybridized carbons (Fsp3) is 0.318. The lowest BCUT2D eigenvalue weighted by molar-refractivity contribution is -0.120. The smallest absolute Gasteiger partial charge is 0.226 e. The summed E-state index contributed by atoms with van der Waals surface area (Å²) in [5.41, 5.74) is 2.54. The number of benzene rings is 2. The molecule has 0 saturated carbocycles. The number of aromatic nitrogens is 1. The van der Waals surface area contributed by atoms with Gasteiger partial charge in [-0.3, -0.25) is 9.59 Å². The van der Waals surface area contributed by atoms with Crippen molar-refractivity contribution < 1.29 is 14.3 Å². The lowest BCUT2D eigenvalue weighted by atomic mass is 10.0. The largest absolute Gasteiger partial charge is 0.378 e. The summed E-state index contributed by atoms with van der Waals surface area (Å²) in [5, 5.41) is 6.79. The van der Waals surface area contributed by atoms with E-state index in [1.807, 2.05) is 48.5 Å². The minimum atomic E-state index is -0.372. The molecule has 1 atom stereocenters. The molecule has 1 fully saturated rings. The first-order valence-corrected chi connectivity index (χ1v) is 10.8. The number of fused-ring (bicyclic) bond motifs is 1. The summed E-state index contributed by atoms with van der Waals surface area (Å²) in [4.78, 5) is 31.2. The third-order valence-electron chi connectivity index (χ3n) is 4.91. The molecule has 8 heteroatoms. The average Bonchev–Trinajstić information content (AvgIpc) is 3.18. The molecular weight excluding hydrogens is 400 g/mol. The molecule has 2 amide bonds. The molecule has 0 radical (unpaired) electrons. The van der Waals surface area contributed by atoms with Crippen LogP contribution in [0.15, 0.2) is 48.5 Å². The summed E-state index contributed by atoms with van der Waals surface area (Å²) >= 11 is 1.62. The molecule has 156 valence electrons. The lowest BCUT2D eigenvalue weighted by Gasteiger charge is -2.25. The second-order valence-corrected chi connectivity index (χ2v) is 8.20. The highest BCUT2D eigenvalue weighted by Crippen LogP contribution is 2.31. The van der Waals surface area contributed by atoms with E-state index in [4.69, 9.17) is 9.72 Å². The van der Waals surface area contributed by atoms with Crippen LogP contribution < -0.4 is 15.5 Å². The van der Waals surface area contributed by atoms with Crippen LogP contribution in [0.2, 0.25) is 0 Å². The van der Waals surface area contributed by atoms with Crippen molar-refractivity contribution in [2.75, 3.05) is 36.5 Å². The zero-order valence-electron chi connectivity index (χ0n) is 16.8. The Balaban J connectivity index is 1.45. The molecule has 0 aliphatic carbocycles. The maximum absolute atomic E-state index is 12.7. The van der Waals surface area contributed by atoms with Gasteiger partial charge in [0.1, 0.15) is 0 Å². The third-order valence-corrected chi connectivity index (χ3v) is 5.99. The van der Waals surface area contributed by atoms with Crippen LogP contribution in [0.5, 0.6) is 0 Å². The Morgan fingerprint density at radius 2 is 1.93 bits per heavy atom. The molecule has 2 N–H and O–H groups in total. The molecule has 3 aromatic rings. The molecule has 0 unspecified atom stereocenters. The quantitative estimate of drug-likeness (QED) is 0.634. The van der Waals surface area contributed by atoms with Gasteiger partial charge in [-0.25, -0.2) is 4.98 Å². The molecule has 1 saturated heterocycles. The van der Waals surface area contributed by atoms with Crippen LogP contribution in [0.25, 0.3) is 10.2 Å². The fourth-order valence-corrected chi connectivity index (χ4v) is 4.52. The van der Waals surface area contributed by atoms with Crippen molar-refractivity contribution in [3.05, 3.63) is 54.1 Å². The third kappa shape index (κ3) is 4.95. The van der Waals surface area contributed by atoms with Crippen LogP contribution in [0.3, 0.4) is 0 Å². The molecule has 1 aliphatic heterocycles. The number of rotatable bonds is 6. The highest BCUT2D eigenvalue weighted by Gasteiger charge is 2.18. The maximum Gasteiger partial charge on any atom is 0.226 e. The van der Waals surface area contributed by atoms with Crippen molar-refractivity contribution in [3.63, 3.8) is 0 Å². The van der Waals surface area contributed by atoms with Crippen molar-refractivity contribution in [1.82, 2.24) is 10.3 Å². The molecule has 2 heterocycles. The molecule has 4 rings (SSSR count). The monoisotopic (exact) mass is 424 g/mol. The number of hydrogen-bond donors (Lipinski definition) is 2. The van der Waals surface area contributed by atoms with Crippen LogP contribution in [0.4, 0.5) is 10.8 Å². The van der Waals surface area contributed by atoms with Gasteiger partial charge in [-0.15, -0.1) is 0 Å². The van der Waals surface area contributed by atoms with E-state index < -0.39 is 0 Å². The van der Waals surface area contributed by atoms with Gasteiger partial charge in [-0.2, -0.15) is 0 Å². The number of carbonyl (C=O) groups excluding carboxylic acids is 2. The predicted octanol–water partition coefficient (Wildman–Crippen LogP) is 3.34. The average molecular weight is 425 g/mol. The van der Waals surface area contributed by atoms with Gasteiger partial charge >= 0.3 is 0 Å². The van der Waals surface area contributed by atoms with E-state index in [0.717, 1.165) is 39.7 Å². The Labute approximate surface area is 179 Å². The van der Waals surface area contributed by atoms with E-state index in [2.05, 4.69) is 15.5 Å². The zero-order valence-corrected chi connectivity index (χ0v) is 17.6. The van der Waals surface area contributed by atoms with Crippen LogP contribution in [-0.2, 0) is 14.3 Å². The minimum absolute atomic E-state index is 0.156. The molecule has 1 aliphatic rings. The normalized spacial score (nSPS) is 15.0. The highest BCUT2D eigenvalue weighted by molar-refractivity contribution is 7.22. The van der Waals surface area contributed by atoms with Gasteiger partial charge in [-0.1, -0.05) is 41.7 Å². The first kappa shape index (κ1) is 20.3. The van der Waals surface area contributed by atoms with E-state index in [1.54, 1.807) is 11.3 Å². The van der Waals surface area contributed by atoms with E-state index in [1.165, 1.54) is 6.92 Å². The lowest BCUT2D eigenvalue weighted by Crippen LogP contribution is -2.36. The molecular formula is C22H24N4O3S. The number of amides is 2.